The van der Waals surface area contributed by atoms with Crippen molar-refractivity contribution in [1.82, 2.24) is 17.2 Å². The van der Waals surface area contributed by atoms with Crippen LogP contribution >= 0.6 is 0 Å². The molecular formula is C7H16ClN7OPt. The molecule has 2 rings (SSSR count). The third-order valence-electron chi connectivity index (χ3n) is 2.11. The van der Waals surface area contributed by atoms with Crippen molar-refractivity contribution in [2.75, 3.05) is 6.54 Å². The quantitative estimate of drug-likeness (QED) is 0.371. The van der Waals surface area contributed by atoms with Crippen LogP contribution in [0.3, 0.4) is 0 Å². The van der Waals surface area contributed by atoms with Gasteiger partial charge in [-0.15, -0.1) is 0 Å². The molecule has 17 heavy (non-hydrogen) atoms. The van der Waals surface area contributed by atoms with Crippen molar-refractivity contribution < 1.29 is 38.6 Å². The molecule has 0 aliphatic carbocycles. The molecule has 0 fully saturated rings. The molecule has 2 atom stereocenters. The number of nitrogens with zero attached hydrogens (tertiary/aromatic N) is 4. The van der Waals surface area contributed by atoms with E-state index in [4.69, 9.17) is 5.73 Å². The van der Waals surface area contributed by atoms with Gasteiger partial charge in [-0.1, -0.05) is 0 Å². The van der Waals surface area contributed by atoms with Crippen LogP contribution in [0.5, 0.6) is 0 Å². The van der Waals surface area contributed by atoms with E-state index in [-0.39, 0.29) is 63.8 Å². The summed E-state index contributed by atoms with van der Waals surface area (Å²) < 4.78 is 0. The van der Waals surface area contributed by atoms with Crippen LogP contribution < -0.4 is 35.5 Å². The van der Waals surface area contributed by atoms with Gasteiger partial charge in [-0.05, 0) is 12.8 Å². The van der Waals surface area contributed by atoms with Crippen LogP contribution in [0, 0.1) is 0 Å². The van der Waals surface area contributed by atoms with Crippen molar-refractivity contribution in [2.45, 2.75) is 19.1 Å². The fourth-order valence-corrected chi connectivity index (χ4v) is 1.43. The fraction of sp³-hybridized carbons (Fsp3) is 0.571. The zero-order valence-corrected chi connectivity index (χ0v) is 12.4. The second kappa shape index (κ2) is 8.41. The van der Waals surface area contributed by atoms with Crippen LogP contribution in [0.2, 0.25) is 0 Å². The Balaban J connectivity index is -0.000000490. The van der Waals surface area contributed by atoms with E-state index >= 15 is 0 Å². The minimum absolute atomic E-state index is 0. The Hall–Kier alpha value is -0.692. The first kappa shape index (κ1) is 21.6. The first-order valence-electron chi connectivity index (χ1n) is 4.10. The topological polar surface area (TPSA) is 159 Å². The van der Waals surface area contributed by atoms with Gasteiger partial charge in [-0.3, -0.25) is 4.99 Å². The van der Waals surface area contributed by atoms with Gasteiger partial charge in [-0.25, -0.2) is 9.98 Å². The van der Waals surface area contributed by atoms with E-state index in [0.29, 0.717) is 0 Å². The van der Waals surface area contributed by atoms with Gasteiger partial charge < -0.3 is 40.4 Å². The summed E-state index contributed by atoms with van der Waals surface area (Å²) in [5.41, 5.74) is 5.38. The Kier molecular flexibility index (Phi) is 10.7. The summed E-state index contributed by atoms with van der Waals surface area (Å²) in [6.45, 7) is 2.73. The van der Waals surface area contributed by atoms with Gasteiger partial charge in [0, 0.05) is 6.54 Å². The van der Waals surface area contributed by atoms with Crippen molar-refractivity contribution in [1.29, 1.82) is 0 Å². The molecule has 2 heterocycles. The average Bonchev–Trinajstić information content (AvgIpc) is 2.47. The molecule has 8 nitrogen and oxygen atoms in total. The summed E-state index contributed by atoms with van der Waals surface area (Å²) in [6.07, 6.45) is 1.36. The van der Waals surface area contributed by atoms with Gasteiger partial charge in [0.05, 0.1) is 6.34 Å². The van der Waals surface area contributed by atoms with E-state index in [1.165, 1.54) is 0 Å². The van der Waals surface area contributed by atoms with E-state index in [9.17, 15) is 5.11 Å². The molecule has 0 aromatic rings. The average molecular weight is 445 g/mol. The van der Waals surface area contributed by atoms with Crippen molar-refractivity contribution in [3.05, 3.63) is 0 Å². The standard InChI is InChI=1S/C7H11N5O.ClH.2H3N.Pt/c1-2-12-3-9-4-5(12)10-7(8)11-6(4)13;;;;/h3-5H,2H2,1H3,(H3,8,10,11,13);1H;2*1H3;/q;;;;+2/p-2. The van der Waals surface area contributed by atoms with Crippen molar-refractivity contribution in [3.63, 3.8) is 0 Å². The maximum absolute atomic E-state index is 11.3. The molecule has 0 spiro atoms. The molecule has 2 aliphatic rings. The van der Waals surface area contributed by atoms with Gasteiger partial charge in [-0.2, -0.15) is 0 Å². The number of hydrogen-bond acceptors (Lipinski definition) is 8. The molecule has 8 N–H and O–H groups in total. The number of halogens is 1. The minimum Gasteiger partial charge on any atom is -1.00 e. The summed E-state index contributed by atoms with van der Waals surface area (Å²) in [5, 5.41) is 11.3. The molecule has 2 aliphatic heterocycles. The maximum atomic E-state index is 11.3. The van der Waals surface area contributed by atoms with Crippen molar-refractivity contribution in [2.24, 2.45) is 20.7 Å². The van der Waals surface area contributed by atoms with E-state index in [1.807, 2.05) is 11.8 Å². The molecule has 10 heteroatoms. The summed E-state index contributed by atoms with van der Waals surface area (Å²) in [5.74, 6) is -0.250. The summed E-state index contributed by atoms with van der Waals surface area (Å²) in [7, 11) is 0. The summed E-state index contributed by atoms with van der Waals surface area (Å²) in [6, 6.07) is -0.479. The van der Waals surface area contributed by atoms with Crippen LogP contribution in [-0.2, 0) is 21.1 Å². The molecule has 0 aromatic heterocycles. The first-order chi connectivity index (χ1) is 6.22. The predicted molar refractivity (Wildman–Crippen MR) is 57.5 cm³/mol. The Morgan fingerprint density at radius 2 is 2.06 bits per heavy atom. The second-order valence-electron chi connectivity index (χ2n) is 2.89. The molecular weight excluding hydrogens is 429 g/mol. The third-order valence-corrected chi connectivity index (χ3v) is 2.11. The number of guanidine groups is 1. The maximum Gasteiger partial charge on any atom is 2.00 e. The molecule has 0 bridgehead atoms. The predicted octanol–water partition coefficient (Wildman–Crippen LogP) is -4.54. The Bertz CT molecular complexity index is 321. The zero-order valence-electron chi connectivity index (χ0n) is 9.32. The number of likely N-dealkylation sites (N-methyl/N-ethyl adjacent to an activating group) is 1. The first-order valence-corrected chi connectivity index (χ1v) is 4.10. The SMILES string of the molecule is CCN1C=NC2C([O-])=NC(N)=NC21.N.N.[Cl-].[Pt+2]. The Labute approximate surface area is 120 Å². The van der Waals surface area contributed by atoms with Crippen LogP contribution in [-0.4, -0.2) is 41.8 Å². The fourth-order valence-electron chi connectivity index (χ4n) is 1.43. The second-order valence-corrected chi connectivity index (χ2v) is 2.89. The smallest absolute Gasteiger partial charge is 1.00 e. The van der Waals surface area contributed by atoms with E-state index in [2.05, 4.69) is 15.0 Å². The molecule has 2 unspecified atom stereocenters. The molecule has 0 saturated heterocycles. The number of nitrogens with two attached hydrogens (primary N) is 1. The Morgan fingerprint density at radius 1 is 1.47 bits per heavy atom. The number of rotatable bonds is 1. The molecule has 102 valence electrons. The molecule has 0 aromatic carbocycles. The van der Waals surface area contributed by atoms with Crippen LogP contribution in [0.4, 0.5) is 0 Å². The molecule has 0 radical (unpaired) electrons. The monoisotopic (exact) mass is 444 g/mol. The van der Waals surface area contributed by atoms with Gasteiger partial charge in [0.1, 0.15) is 6.04 Å². The van der Waals surface area contributed by atoms with E-state index in [1.54, 1.807) is 6.34 Å². The molecule has 0 amide bonds. The van der Waals surface area contributed by atoms with Gasteiger partial charge in [0.2, 0.25) is 5.96 Å². The number of aliphatic imine (C=N–C) groups is 3. The van der Waals surface area contributed by atoms with Gasteiger partial charge in [0.25, 0.3) is 0 Å². The summed E-state index contributed by atoms with van der Waals surface area (Å²) >= 11 is 0. The summed E-state index contributed by atoms with van der Waals surface area (Å²) in [4.78, 5) is 13.5. The van der Waals surface area contributed by atoms with Crippen LogP contribution in [0.1, 0.15) is 6.92 Å². The van der Waals surface area contributed by atoms with Crippen molar-refractivity contribution in [3.8, 4) is 0 Å². The van der Waals surface area contributed by atoms with Crippen LogP contribution in [0.25, 0.3) is 0 Å². The van der Waals surface area contributed by atoms with Gasteiger partial charge in [0.15, 0.2) is 6.17 Å². The zero-order chi connectivity index (χ0) is 9.42. The normalized spacial score (nSPS) is 23.9. The largest absolute Gasteiger partial charge is 2.00 e. The Morgan fingerprint density at radius 3 is 2.59 bits per heavy atom. The van der Waals surface area contributed by atoms with Crippen molar-refractivity contribution >= 4 is 18.2 Å². The number of fused-ring (bicyclic) bond motifs is 1. The third kappa shape index (κ3) is 3.92. The van der Waals surface area contributed by atoms with E-state index in [0.717, 1.165) is 6.54 Å². The number of hydrogen-bond donors (Lipinski definition) is 3. The van der Waals surface area contributed by atoms with Gasteiger partial charge >= 0.3 is 21.1 Å². The van der Waals surface area contributed by atoms with E-state index < -0.39 is 6.04 Å². The van der Waals surface area contributed by atoms with Crippen LogP contribution in [0.15, 0.2) is 15.0 Å². The minimum atomic E-state index is -0.479. The molecule has 0 saturated carbocycles.